The van der Waals surface area contributed by atoms with Crippen LogP contribution in [0.25, 0.3) is 0 Å². The van der Waals surface area contributed by atoms with Gasteiger partial charge in [0.15, 0.2) is 11.9 Å². The Morgan fingerprint density at radius 3 is 2.29 bits per heavy atom. The summed E-state index contributed by atoms with van der Waals surface area (Å²) < 4.78 is 5.13. The van der Waals surface area contributed by atoms with Gasteiger partial charge in [0.05, 0.1) is 12.6 Å². The van der Waals surface area contributed by atoms with Crippen molar-refractivity contribution < 1.29 is 19.2 Å². The third-order valence-electron chi connectivity index (χ3n) is 3.08. The molecule has 0 bridgehead atoms. The quantitative estimate of drug-likeness (QED) is 0.684. The first kappa shape index (κ1) is 14.1. The molecule has 5 nitrogen and oxygen atoms in total. The van der Waals surface area contributed by atoms with E-state index in [4.69, 9.17) is 9.57 Å². The minimum atomic E-state index is -0.784. The monoisotopic (exact) mass is 243 g/mol. The molecule has 1 unspecified atom stereocenters. The summed E-state index contributed by atoms with van der Waals surface area (Å²) in [6, 6.07) is 0. The molecule has 1 aliphatic heterocycles. The third-order valence-corrected chi connectivity index (χ3v) is 3.08. The molecule has 0 spiro atoms. The van der Waals surface area contributed by atoms with Gasteiger partial charge in [-0.3, -0.25) is 9.59 Å². The number of nitrogens with zero attached hydrogens (tertiary/aromatic N) is 1. The van der Waals surface area contributed by atoms with Crippen LogP contribution < -0.4 is 0 Å². The fraction of sp³-hybridized carbons (Fsp3) is 0.833. The van der Waals surface area contributed by atoms with Crippen molar-refractivity contribution in [1.82, 2.24) is 5.06 Å². The zero-order valence-corrected chi connectivity index (χ0v) is 11.4. The second-order valence-corrected chi connectivity index (χ2v) is 5.58. The van der Waals surface area contributed by atoms with Crippen molar-refractivity contribution in [2.45, 2.75) is 58.2 Å². The average Bonchev–Trinajstić information content (AvgIpc) is 2.10. The van der Waals surface area contributed by atoms with Gasteiger partial charge in [0.2, 0.25) is 0 Å². The zero-order chi connectivity index (χ0) is 13.4. The molecule has 0 saturated carbocycles. The Kier molecular flexibility index (Phi) is 3.64. The second kappa shape index (κ2) is 4.38. The summed E-state index contributed by atoms with van der Waals surface area (Å²) in [6.07, 6.45) is -0.490. The molecule has 0 N–H and O–H groups in total. The van der Waals surface area contributed by atoms with Crippen LogP contribution in [0.2, 0.25) is 0 Å². The van der Waals surface area contributed by atoms with E-state index in [0.717, 1.165) is 0 Å². The first-order valence-electron chi connectivity index (χ1n) is 5.67. The molecule has 1 aliphatic rings. The fourth-order valence-corrected chi connectivity index (χ4v) is 2.73. The summed E-state index contributed by atoms with van der Waals surface area (Å²) in [6.45, 7) is 8.84. The van der Waals surface area contributed by atoms with E-state index in [0.29, 0.717) is 6.42 Å². The summed E-state index contributed by atoms with van der Waals surface area (Å²) in [5.41, 5.74) is -1.09. The molecule has 1 atom stereocenters. The van der Waals surface area contributed by atoms with Crippen molar-refractivity contribution in [1.29, 1.82) is 0 Å². The Bertz CT molecular complexity index is 335. The van der Waals surface area contributed by atoms with Gasteiger partial charge in [0, 0.05) is 18.9 Å². The lowest BCUT2D eigenvalue weighted by molar-refractivity contribution is -0.280. The van der Waals surface area contributed by atoms with Gasteiger partial charge in [-0.25, -0.2) is 0 Å². The van der Waals surface area contributed by atoms with Crippen LogP contribution in [-0.2, 0) is 19.2 Å². The molecule has 1 fully saturated rings. The fourth-order valence-electron chi connectivity index (χ4n) is 2.73. The van der Waals surface area contributed by atoms with E-state index in [1.54, 1.807) is 12.2 Å². The summed E-state index contributed by atoms with van der Waals surface area (Å²) in [5, 5.41) is 1.73. The maximum Gasteiger partial charge on any atom is 0.303 e. The predicted octanol–water partition coefficient (Wildman–Crippen LogP) is 1.31. The normalized spacial score (nSPS) is 27.9. The first-order chi connectivity index (χ1) is 7.63. The number of ketones is 1. The van der Waals surface area contributed by atoms with Crippen LogP contribution in [0.1, 0.15) is 41.0 Å². The molecule has 0 amide bonds. The van der Waals surface area contributed by atoms with Crippen LogP contribution in [0.3, 0.4) is 0 Å². The highest BCUT2D eigenvalue weighted by Crippen LogP contribution is 2.38. The minimum absolute atomic E-state index is 0.0662. The highest BCUT2D eigenvalue weighted by atomic mass is 16.7. The predicted molar refractivity (Wildman–Crippen MR) is 62.2 cm³/mol. The molecule has 17 heavy (non-hydrogen) atoms. The van der Waals surface area contributed by atoms with E-state index in [9.17, 15) is 9.59 Å². The van der Waals surface area contributed by atoms with Crippen molar-refractivity contribution >= 4 is 11.8 Å². The van der Waals surface area contributed by atoms with Crippen LogP contribution in [0.5, 0.6) is 0 Å². The van der Waals surface area contributed by atoms with E-state index in [-0.39, 0.29) is 5.78 Å². The number of esters is 1. The number of rotatable bonds is 2. The summed E-state index contributed by atoms with van der Waals surface area (Å²) in [5.74, 6) is -0.518. The molecular weight excluding hydrogens is 222 g/mol. The van der Waals surface area contributed by atoms with Gasteiger partial charge in [0.1, 0.15) is 0 Å². The Hall–Kier alpha value is -0.940. The largest absolute Gasteiger partial charge is 0.452 e. The lowest BCUT2D eigenvalue weighted by atomic mass is 9.79. The molecular formula is C12H21NO4. The molecule has 1 rings (SSSR count). The molecule has 0 radical (unpaired) electrons. The van der Waals surface area contributed by atoms with Gasteiger partial charge in [-0.1, -0.05) is 0 Å². The number of piperidine rings is 1. The van der Waals surface area contributed by atoms with Crippen LogP contribution in [-0.4, -0.2) is 41.1 Å². The molecule has 0 aromatic carbocycles. The Balaban J connectivity index is 3.09. The molecule has 1 heterocycles. The summed E-state index contributed by atoms with van der Waals surface area (Å²) in [4.78, 5) is 28.5. The Morgan fingerprint density at radius 1 is 1.35 bits per heavy atom. The first-order valence-corrected chi connectivity index (χ1v) is 5.67. The van der Waals surface area contributed by atoms with Gasteiger partial charge < -0.3 is 9.57 Å². The maximum absolute atomic E-state index is 12.1. The number of carbonyl (C=O) groups is 2. The van der Waals surface area contributed by atoms with Crippen LogP contribution >= 0.6 is 0 Å². The van der Waals surface area contributed by atoms with Gasteiger partial charge >= 0.3 is 5.97 Å². The summed E-state index contributed by atoms with van der Waals surface area (Å²) in [7, 11) is 1.56. The third kappa shape index (κ3) is 2.50. The van der Waals surface area contributed by atoms with Gasteiger partial charge in [-0.05, 0) is 27.7 Å². The number of hydroxylamine groups is 2. The lowest BCUT2D eigenvalue weighted by Gasteiger charge is -2.52. The van der Waals surface area contributed by atoms with E-state index in [2.05, 4.69) is 0 Å². The topological polar surface area (TPSA) is 55.8 Å². The lowest BCUT2D eigenvalue weighted by Crippen LogP contribution is -2.68. The standard InChI is InChI=1S/C12H21NO4/c1-8(14)17-10-9(15)7-11(2,3)13(16-6)12(10,4)5/h10H,7H2,1-6H3. The second-order valence-electron chi connectivity index (χ2n) is 5.58. The Morgan fingerprint density at radius 2 is 1.88 bits per heavy atom. The van der Waals surface area contributed by atoms with Crippen LogP contribution in [0.15, 0.2) is 0 Å². The van der Waals surface area contributed by atoms with Gasteiger partial charge in [0.25, 0.3) is 0 Å². The molecule has 0 aromatic rings. The highest BCUT2D eigenvalue weighted by Gasteiger charge is 2.54. The molecule has 0 aliphatic carbocycles. The Labute approximate surface area is 102 Å². The van der Waals surface area contributed by atoms with Crippen molar-refractivity contribution in [3.8, 4) is 0 Å². The van der Waals surface area contributed by atoms with Crippen molar-refractivity contribution in [3.63, 3.8) is 0 Å². The minimum Gasteiger partial charge on any atom is -0.452 e. The number of hydrogen-bond acceptors (Lipinski definition) is 5. The smallest absolute Gasteiger partial charge is 0.303 e. The van der Waals surface area contributed by atoms with Gasteiger partial charge in [-0.15, -0.1) is 0 Å². The zero-order valence-electron chi connectivity index (χ0n) is 11.4. The number of Topliss-reactive ketones (excluding diaryl/α,β-unsaturated/α-hetero) is 1. The number of carbonyl (C=O) groups excluding carboxylic acids is 2. The molecule has 1 saturated heterocycles. The molecule has 5 heteroatoms. The molecule has 98 valence electrons. The molecule has 0 aromatic heterocycles. The van der Waals surface area contributed by atoms with E-state index >= 15 is 0 Å². The van der Waals surface area contributed by atoms with Crippen molar-refractivity contribution in [2.24, 2.45) is 0 Å². The van der Waals surface area contributed by atoms with E-state index in [1.165, 1.54) is 6.92 Å². The van der Waals surface area contributed by atoms with Crippen LogP contribution in [0, 0.1) is 0 Å². The summed E-state index contributed by atoms with van der Waals surface area (Å²) >= 11 is 0. The maximum atomic E-state index is 12.1. The average molecular weight is 243 g/mol. The van der Waals surface area contributed by atoms with E-state index in [1.807, 2.05) is 27.7 Å². The van der Waals surface area contributed by atoms with Gasteiger partial charge in [-0.2, -0.15) is 5.06 Å². The number of ether oxygens (including phenoxy) is 1. The van der Waals surface area contributed by atoms with Crippen LogP contribution in [0.4, 0.5) is 0 Å². The van der Waals surface area contributed by atoms with Crippen molar-refractivity contribution in [2.75, 3.05) is 7.11 Å². The number of hydrogen-bond donors (Lipinski definition) is 0. The van der Waals surface area contributed by atoms with Crippen molar-refractivity contribution in [3.05, 3.63) is 0 Å². The highest BCUT2D eigenvalue weighted by molar-refractivity contribution is 5.88. The van der Waals surface area contributed by atoms with E-state index < -0.39 is 23.2 Å². The SMILES string of the molecule is CON1C(C)(C)CC(=O)C(OC(C)=O)C1(C)C.